The minimum absolute atomic E-state index is 0.321. The Morgan fingerprint density at radius 3 is 2.89 bits per heavy atom. The number of esters is 1. The number of fused-ring (bicyclic) bond motifs is 4. The molecule has 19 heavy (non-hydrogen) atoms. The highest BCUT2D eigenvalue weighted by Crippen LogP contribution is 2.45. The van der Waals surface area contributed by atoms with Crippen molar-refractivity contribution in [3.05, 3.63) is 41.5 Å². The Morgan fingerprint density at radius 2 is 2.16 bits per heavy atom. The first kappa shape index (κ1) is 12.2. The quantitative estimate of drug-likeness (QED) is 0.574. The molecular weight excluding hydrogens is 244 g/mol. The van der Waals surface area contributed by atoms with E-state index >= 15 is 0 Å². The maximum Gasteiger partial charge on any atom is 0.303 e. The molecule has 2 heterocycles. The van der Waals surface area contributed by atoms with Crippen molar-refractivity contribution >= 4 is 5.97 Å². The topological polar surface area (TPSA) is 44.8 Å². The lowest BCUT2D eigenvalue weighted by Crippen LogP contribution is -2.50. The SMILES string of the molecule is CC(=O)O[C@H]1C=C[C@H]2Oc3ccc(C)cc3[C@]1(C)O2. The molecule has 2 aliphatic rings. The lowest BCUT2D eigenvalue weighted by atomic mass is 9.85. The highest BCUT2D eigenvalue weighted by Gasteiger charge is 2.48. The minimum atomic E-state index is -0.704. The van der Waals surface area contributed by atoms with Crippen molar-refractivity contribution in [2.24, 2.45) is 0 Å². The monoisotopic (exact) mass is 260 g/mol. The van der Waals surface area contributed by atoms with Crippen LogP contribution >= 0.6 is 0 Å². The summed E-state index contributed by atoms with van der Waals surface area (Å²) >= 11 is 0. The first-order valence-electron chi connectivity index (χ1n) is 6.30. The van der Waals surface area contributed by atoms with Crippen LogP contribution in [0.25, 0.3) is 0 Å². The Kier molecular flexibility index (Phi) is 2.64. The molecular formula is C15H16O4. The van der Waals surface area contributed by atoms with Crippen molar-refractivity contribution in [2.75, 3.05) is 0 Å². The summed E-state index contributed by atoms with van der Waals surface area (Å²) in [6, 6.07) is 5.94. The molecule has 1 aromatic carbocycles. The average molecular weight is 260 g/mol. The maximum absolute atomic E-state index is 11.3. The zero-order valence-electron chi connectivity index (χ0n) is 11.2. The fraction of sp³-hybridized carbons (Fsp3) is 0.400. The minimum Gasteiger partial charge on any atom is -0.461 e. The predicted molar refractivity (Wildman–Crippen MR) is 68.7 cm³/mol. The van der Waals surface area contributed by atoms with E-state index in [1.165, 1.54) is 6.92 Å². The average Bonchev–Trinajstić information content (AvgIpc) is 2.34. The molecule has 0 radical (unpaired) electrons. The van der Waals surface area contributed by atoms with Crippen molar-refractivity contribution in [3.8, 4) is 5.75 Å². The number of ether oxygens (including phenoxy) is 3. The van der Waals surface area contributed by atoms with Gasteiger partial charge in [0.2, 0.25) is 6.29 Å². The van der Waals surface area contributed by atoms with Crippen LogP contribution in [-0.2, 0) is 19.9 Å². The number of hydrogen-bond acceptors (Lipinski definition) is 4. The van der Waals surface area contributed by atoms with E-state index in [-0.39, 0.29) is 5.97 Å². The van der Waals surface area contributed by atoms with Crippen molar-refractivity contribution in [3.63, 3.8) is 0 Å². The fourth-order valence-electron chi connectivity index (χ4n) is 2.59. The summed E-state index contributed by atoms with van der Waals surface area (Å²) in [5.41, 5.74) is 1.33. The molecule has 4 heteroatoms. The Balaban J connectivity index is 2.10. The van der Waals surface area contributed by atoms with E-state index < -0.39 is 18.0 Å². The molecule has 100 valence electrons. The Bertz CT molecular complexity index is 563. The van der Waals surface area contributed by atoms with E-state index in [2.05, 4.69) is 0 Å². The number of hydrogen-bond donors (Lipinski definition) is 0. The summed E-state index contributed by atoms with van der Waals surface area (Å²) in [7, 11) is 0. The molecule has 2 aliphatic heterocycles. The highest BCUT2D eigenvalue weighted by molar-refractivity contribution is 5.66. The summed E-state index contributed by atoms with van der Waals surface area (Å²) in [5.74, 6) is 0.462. The molecule has 0 unspecified atom stereocenters. The lowest BCUT2D eigenvalue weighted by Gasteiger charge is -2.45. The van der Waals surface area contributed by atoms with Crippen LogP contribution in [0.4, 0.5) is 0 Å². The second-order valence-electron chi connectivity index (χ2n) is 5.13. The van der Waals surface area contributed by atoms with Crippen molar-refractivity contribution < 1.29 is 19.0 Å². The van der Waals surface area contributed by atoms with Gasteiger partial charge >= 0.3 is 5.97 Å². The molecule has 4 nitrogen and oxygen atoms in total. The third kappa shape index (κ3) is 1.92. The molecule has 1 aromatic rings. The van der Waals surface area contributed by atoms with Gasteiger partial charge < -0.3 is 14.2 Å². The third-order valence-electron chi connectivity index (χ3n) is 3.55. The maximum atomic E-state index is 11.3. The Hall–Kier alpha value is -1.81. The normalized spacial score (nSPS) is 31.3. The van der Waals surface area contributed by atoms with Crippen LogP contribution in [0, 0.1) is 6.92 Å². The van der Waals surface area contributed by atoms with E-state index in [1.807, 2.05) is 38.1 Å². The van der Waals surface area contributed by atoms with Gasteiger partial charge in [-0.25, -0.2) is 0 Å². The summed E-state index contributed by atoms with van der Waals surface area (Å²) in [4.78, 5) is 11.3. The molecule has 0 saturated carbocycles. The third-order valence-corrected chi connectivity index (χ3v) is 3.55. The van der Waals surface area contributed by atoms with Crippen molar-refractivity contribution in [1.29, 1.82) is 0 Å². The second-order valence-corrected chi connectivity index (χ2v) is 5.13. The molecule has 0 aliphatic carbocycles. The Labute approximate surface area is 112 Å². The van der Waals surface area contributed by atoms with Crippen LogP contribution in [0.1, 0.15) is 25.0 Å². The van der Waals surface area contributed by atoms with E-state index in [9.17, 15) is 4.79 Å². The molecule has 3 rings (SSSR count). The van der Waals surface area contributed by atoms with Gasteiger partial charge in [-0.2, -0.15) is 0 Å². The fourth-order valence-corrected chi connectivity index (χ4v) is 2.59. The lowest BCUT2D eigenvalue weighted by molar-refractivity contribution is -0.217. The zero-order chi connectivity index (χ0) is 13.6. The summed E-state index contributed by atoms with van der Waals surface area (Å²) in [6.07, 6.45) is 2.75. The second kappa shape index (κ2) is 4.10. The van der Waals surface area contributed by atoms with Crippen LogP contribution in [0.5, 0.6) is 5.75 Å². The largest absolute Gasteiger partial charge is 0.461 e. The van der Waals surface area contributed by atoms with Gasteiger partial charge in [0.1, 0.15) is 11.4 Å². The number of carbonyl (C=O) groups excluding carboxylic acids is 1. The number of benzene rings is 1. The molecule has 2 bridgehead atoms. The first-order valence-corrected chi connectivity index (χ1v) is 6.30. The van der Waals surface area contributed by atoms with Crippen LogP contribution in [-0.4, -0.2) is 18.4 Å². The van der Waals surface area contributed by atoms with Gasteiger partial charge in [-0.1, -0.05) is 11.6 Å². The van der Waals surface area contributed by atoms with E-state index in [1.54, 1.807) is 6.08 Å². The number of aryl methyl sites for hydroxylation is 1. The summed E-state index contributed by atoms with van der Waals surface area (Å²) in [6.45, 7) is 5.34. The van der Waals surface area contributed by atoms with Crippen LogP contribution in [0.15, 0.2) is 30.4 Å². The standard InChI is InChI=1S/C15H16O4/c1-9-4-5-12-11(8-9)15(3)13(17-10(2)16)6-7-14(18-12)19-15/h4-8,13-14H,1-3H3/t13-,14-,15-/m0/s1. The molecule has 0 saturated heterocycles. The first-order chi connectivity index (χ1) is 8.99. The van der Waals surface area contributed by atoms with Crippen molar-refractivity contribution in [1.82, 2.24) is 0 Å². The Morgan fingerprint density at radius 1 is 1.37 bits per heavy atom. The molecule has 0 amide bonds. The highest BCUT2D eigenvalue weighted by atomic mass is 16.7. The molecule has 0 fully saturated rings. The summed E-state index contributed by atoms with van der Waals surface area (Å²) < 4.78 is 17.0. The molecule has 0 aromatic heterocycles. The van der Waals surface area contributed by atoms with Crippen LogP contribution in [0.2, 0.25) is 0 Å². The molecule has 0 spiro atoms. The molecule has 0 N–H and O–H groups in total. The van der Waals surface area contributed by atoms with Gasteiger partial charge in [-0.3, -0.25) is 4.79 Å². The number of carbonyl (C=O) groups is 1. The van der Waals surface area contributed by atoms with E-state index in [0.717, 1.165) is 16.9 Å². The van der Waals surface area contributed by atoms with Crippen LogP contribution in [0.3, 0.4) is 0 Å². The van der Waals surface area contributed by atoms with Gasteiger partial charge in [0, 0.05) is 12.5 Å². The van der Waals surface area contributed by atoms with Gasteiger partial charge in [0.25, 0.3) is 0 Å². The summed E-state index contributed by atoms with van der Waals surface area (Å²) in [5, 5.41) is 0. The number of rotatable bonds is 1. The van der Waals surface area contributed by atoms with Crippen molar-refractivity contribution in [2.45, 2.75) is 38.8 Å². The smallest absolute Gasteiger partial charge is 0.303 e. The van der Waals surface area contributed by atoms with Gasteiger partial charge in [-0.05, 0) is 38.1 Å². The van der Waals surface area contributed by atoms with Gasteiger partial charge in [0.15, 0.2) is 6.10 Å². The predicted octanol–water partition coefficient (Wildman–Crippen LogP) is 2.45. The van der Waals surface area contributed by atoms with E-state index in [0.29, 0.717) is 0 Å². The van der Waals surface area contributed by atoms with E-state index in [4.69, 9.17) is 14.2 Å². The van der Waals surface area contributed by atoms with Crippen LogP contribution < -0.4 is 4.74 Å². The zero-order valence-corrected chi connectivity index (χ0v) is 11.2. The molecule has 3 atom stereocenters. The van der Waals surface area contributed by atoms with Gasteiger partial charge in [-0.15, -0.1) is 0 Å². The van der Waals surface area contributed by atoms with Gasteiger partial charge in [0.05, 0.1) is 0 Å².